The number of nitrogens with zero attached hydrogens (tertiary/aromatic N) is 1. The van der Waals surface area contributed by atoms with Gasteiger partial charge in [0.1, 0.15) is 0 Å². The fraction of sp³-hybridized carbons (Fsp3) is 0.538. The predicted molar refractivity (Wildman–Crippen MR) is 74.9 cm³/mol. The highest BCUT2D eigenvalue weighted by molar-refractivity contribution is 5.85. The molecule has 0 unspecified atom stereocenters. The van der Waals surface area contributed by atoms with Crippen molar-refractivity contribution in [1.29, 1.82) is 0 Å². The highest BCUT2D eigenvalue weighted by Gasteiger charge is 2.30. The van der Waals surface area contributed by atoms with E-state index < -0.39 is 18.6 Å². The minimum atomic E-state index is -4.23. The fourth-order valence-corrected chi connectivity index (χ4v) is 1.89. The molecule has 2 N–H and O–H groups in total. The molecular formula is C13H20ClF3N2. The molecule has 1 rings (SSSR count). The lowest BCUT2D eigenvalue weighted by Crippen LogP contribution is -2.22. The molecule has 0 amide bonds. The average molecular weight is 297 g/mol. The molecular weight excluding hydrogens is 277 g/mol. The second kappa shape index (κ2) is 7.60. The van der Waals surface area contributed by atoms with Crippen LogP contribution in [0.3, 0.4) is 0 Å². The molecule has 0 saturated heterocycles. The Morgan fingerprint density at radius 1 is 1.11 bits per heavy atom. The molecule has 0 heterocycles. The van der Waals surface area contributed by atoms with Crippen LogP contribution in [0.4, 0.5) is 18.9 Å². The summed E-state index contributed by atoms with van der Waals surface area (Å²) in [5, 5.41) is 0. The van der Waals surface area contributed by atoms with Gasteiger partial charge in [-0.1, -0.05) is 12.1 Å². The molecule has 0 radical (unpaired) electrons. The smallest absolute Gasteiger partial charge is 0.372 e. The van der Waals surface area contributed by atoms with Gasteiger partial charge in [0.25, 0.3) is 0 Å². The first-order chi connectivity index (χ1) is 8.37. The van der Waals surface area contributed by atoms with Crippen LogP contribution in [0.1, 0.15) is 31.9 Å². The van der Waals surface area contributed by atoms with Gasteiger partial charge in [-0.05, 0) is 31.5 Å². The van der Waals surface area contributed by atoms with Crippen molar-refractivity contribution >= 4 is 18.1 Å². The minimum Gasteiger partial charge on any atom is -0.372 e. The molecule has 6 heteroatoms. The molecule has 0 aliphatic carbocycles. The van der Waals surface area contributed by atoms with Crippen molar-refractivity contribution in [3.8, 4) is 0 Å². The number of nitrogens with two attached hydrogens (primary N) is 1. The third kappa shape index (κ3) is 5.70. The first-order valence-corrected chi connectivity index (χ1v) is 6.04. The maximum atomic E-state index is 12.2. The fourth-order valence-electron chi connectivity index (χ4n) is 1.89. The van der Waals surface area contributed by atoms with Crippen LogP contribution in [0.2, 0.25) is 0 Å². The summed E-state index contributed by atoms with van der Waals surface area (Å²) in [6, 6.07) is 5.99. The number of benzene rings is 1. The highest BCUT2D eigenvalue weighted by atomic mass is 35.5. The van der Waals surface area contributed by atoms with E-state index in [9.17, 15) is 13.2 Å². The Bertz CT molecular complexity index is 361. The van der Waals surface area contributed by atoms with Crippen molar-refractivity contribution in [2.75, 3.05) is 18.0 Å². The van der Waals surface area contributed by atoms with Crippen molar-refractivity contribution < 1.29 is 13.2 Å². The first kappa shape index (κ1) is 18.1. The Hall–Kier alpha value is -0.940. The van der Waals surface area contributed by atoms with Crippen molar-refractivity contribution in [2.24, 2.45) is 5.73 Å². The maximum Gasteiger partial charge on any atom is 0.390 e. The van der Waals surface area contributed by atoms with Gasteiger partial charge in [0.2, 0.25) is 0 Å². The maximum absolute atomic E-state index is 12.2. The van der Waals surface area contributed by atoms with Crippen molar-refractivity contribution in [2.45, 2.75) is 32.5 Å². The monoisotopic (exact) mass is 296 g/mol. The van der Waals surface area contributed by atoms with E-state index in [0.29, 0.717) is 5.56 Å². The zero-order valence-corrected chi connectivity index (χ0v) is 11.9. The molecule has 19 heavy (non-hydrogen) atoms. The van der Waals surface area contributed by atoms with E-state index >= 15 is 0 Å². The van der Waals surface area contributed by atoms with E-state index in [0.717, 1.165) is 18.8 Å². The molecule has 0 bridgehead atoms. The predicted octanol–water partition coefficient (Wildman–Crippen LogP) is 3.91. The number of anilines is 1. The van der Waals surface area contributed by atoms with E-state index in [1.165, 1.54) is 0 Å². The zero-order chi connectivity index (χ0) is 13.8. The van der Waals surface area contributed by atoms with Crippen molar-refractivity contribution in [1.82, 2.24) is 0 Å². The van der Waals surface area contributed by atoms with E-state index in [4.69, 9.17) is 5.73 Å². The summed E-state index contributed by atoms with van der Waals surface area (Å²) < 4.78 is 36.7. The second-order valence-electron chi connectivity index (χ2n) is 4.19. The van der Waals surface area contributed by atoms with Gasteiger partial charge < -0.3 is 10.6 Å². The Morgan fingerprint density at radius 2 is 1.58 bits per heavy atom. The molecule has 0 aliphatic heterocycles. The van der Waals surface area contributed by atoms with E-state index in [-0.39, 0.29) is 12.4 Å². The third-order valence-corrected chi connectivity index (χ3v) is 2.90. The number of rotatable bonds is 5. The highest BCUT2D eigenvalue weighted by Crippen LogP contribution is 2.28. The van der Waals surface area contributed by atoms with Crippen LogP contribution in [-0.4, -0.2) is 19.3 Å². The Labute approximate surface area is 118 Å². The van der Waals surface area contributed by atoms with Crippen LogP contribution in [0.15, 0.2) is 24.3 Å². The number of alkyl halides is 3. The van der Waals surface area contributed by atoms with E-state index in [1.54, 1.807) is 12.1 Å². The van der Waals surface area contributed by atoms with Crippen LogP contribution < -0.4 is 10.6 Å². The lowest BCUT2D eigenvalue weighted by Gasteiger charge is -2.22. The van der Waals surface area contributed by atoms with Gasteiger partial charge in [0.15, 0.2) is 0 Å². The van der Waals surface area contributed by atoms with Crippen molar-refractivity contribution in [3.05, 3.63) is 29.8 Å². The summed E-state index contributed by atoms with van der Waals surface area (Å²) in [6.07, 6.45) is -5.21. The van der Waals surface area contributed by atoms with Gasteiger partial charge in [-0.25, -0.2) is 0 Å². The Morgan fingerprint density at radius 3 is 1.95 bits per heavy atom. The molecule has 110 valence electrons. The molecule has 0 spiro atoms. The lowest BCUT2D eigenvalue weighted by molar-refractivity contribution is -0.138. The SMILES string of the molecule is CCN(CC)c1ccc([C@@H](N)CC(F)(F)F)cc1.Cl. The van der Waals surface area contributed by atoms with Gasteiger partial charge in [-0.15, -0.1) is 12.4 Å². The van der Waals surface area contributed by atoms with Gasteiger partial charge >= 0.3 is 6.18 Å². The molecule has 1 atom stereocenters. The molecule has 0 aromatic heterocycles. The molecule has 2 nitrogen and oxygen atoms in total. The Kier molecular flexibility index (Phi) is 7.23. The number of halogens is 4. The summed E-state index contributed by atoms with van der Waals surface area (Å²) in [5.41, 5.74) is 7.06. The third-order valence-electron chi connectivity index (χ3n) is 2.90. The minimum absolute atomic E-state index is 0. The van der Waals surface area contributed by atoms with E-state index in [2.05, 4.69) is 4.90 Å². The van der Waals surface area contributed by atoms with Crippen LogP contribution >= 0.6 is 12.4 Å². The van der Waals surface area contributed by atoms with Crippen LogP contribution in [-0.2, 0) is 0 Å². The summed E-state index contributed by atoms with van der Waals surface area (Å²) in [4.78, 5) is 2.12. The molecule has 0 aliphatic rings. The number of hydrogen-bond donors (Lipinski definition) is 1. The quantitative estimate of drug-likeness (QED) is 0.893. The zero-order valence-electron chi connectivity index (χ0n) is 11.1. The first-order valence-electron chi connectivity index (χ1n) is 6.04. The standard InChI is InChI=1S/C13H19F3N2.ClH/c1-3-18(4-2)11-7-5-10(6-8-11)12(17)9-13(14,15)16;/h5-8,12H,3-4,9,17H2,1-2H3;1H/t12-;/m0./s1. The molecule has 1 aromatic carbocycles. The Balaban J connectivity index is 0.00000324. The van der Waals surface area contributed by atoms with Crippen LogP contribution in [0, 0.1) is 0 Å². The number of hydrogen-bond acceptors (Lipinski definition) is 2. The average Bonchev–Trinajstić information content (AvgIpc) is 2.29. The summed E-state index contributed by atoms with van der Waals surface area (Å²) >= 11 is 0. The lowest BCUT2D eigenvalue weighted by atomic mass is 10.0. The molecule has 0 saturated carbocycles. The van der Waals surface area contributed by atoms with Crippen molar-refractivity contribution in [3.63, 3.8) is 0 Å². The summed E-state index contributed by atoms with van der Waals surface area (Å²) in [5.74, 6) is 0. The molecule has 1 aromatic rings. The topological polar surface area (TPSA) is 29.3 Å². The second-order valence-corrected chi connectivity index (χ2v) is 4.19. The normalized spacial score (nSPS) is 12.7. The van der Waals surface area contributed by atoms with E-state index in [1.807, 2.05) is 26.0 Å². The summed E-state index contributed by atoms with van der Waals surface area (Å²) in [6.45, 7) is 5.80. The summed E-state index contributed by atoms with van der Waals surface area (Å²) in [7, 11) is 0. The van der Waals surface area contributed by atoms with Crippen LogP contribution in [0.5, 0.6) is 0 Å². The van der Waals surface area contributed by atoms with Gasteiger partial charge in [0, 0.05) is 24.8 Å². The van der Waals surface area contributed by atoms with Gasteiger partial charge in [-0.2, -0.15) is 13.2 Å². The van der Waals surface area contributed by atoms with Crippen LogP contribution in [0.25, 0.3) is 0 Å². The van der Waals surface area contributed by atoms with Gasteiger partial charge in [0.05, 0.1) is 6.42 Å². The molecule has 0 fully saturated rings. The van der Waals surface area contributed by atoms with Gasteiger partial charge in [-0.3, -0.25) is 0 Å². The largest absolute Gasteiger partial charge is 0.390 e.